The van der Waals surface area contributed by atoms with Gasteiger partial charge in [-0.3, -0.25) is 14.9 Å². The molecule has 9 heteroatoms. The third-order valence-corrected chi connectivity index (χ3v) is 3.40. The Balaban J connectivity index is 3.16. The summed E-state index contributed by atoms with van der Waals surface area (Å²) in [6.45, 7) is 2.35. The van der Waals surface area contributed by atoms with Crippen LogP contribution in [0.3, 0.4) is 0 Å². The van der Waals surface area contributed by atoms with Crippen LogP contribution in [0.4, 0.5) is 5.69 Å². The Kier molecular flexibility index (Phi) is 5.17. The number of nitrogens with zero attached hydrogens (tertiary/aromatic N) is 1. The van der Waals surface area contributed by atoms with Crippen LogP contribution in [0.5, 0.6) is 0 Å². The van der Waals surface area contributed by atoms with E-state index in [4.69, 9.17) is 5.14 Å². The Bertz CT molecular complexity index is 627. The third kappa shape index (κ3) is 4.28. The van der Waals surface area contributed by atoms with E-state index < -0.39 is 31.4 Å². The number of nitro benzene ring substituents is 1. The Hall–Kier alpha value is -2.00. The Morgan fingerprint density at radius 3 is 2.55 bits per heavy atom. The molecule has 0 heterocycles. The second kappa shape index (κ2) is 6.44. The molecule has 8 nitrogen and oxygen atoms in total. The van der Waals surface area contributed by atoms with Gasteiger partial charge in [0.15, 0.2) is 0 Å². The average Bonchev–Trinajstić information content (AvgIpc) is 2.37. The average molecular weight is 301 g/mol. The van der Waals surface area contributed by atoms with Crippen LogP contribution in [-0.2, 0) is 10.0 Å². The van der Waals surface area contributed by atoms with Crippen molar-refractivity contribution in [3.63, 3.8) is 0 Å². The lowest BCUT2D eigenvalue weighted by Gasteiger charge is -2.06. The van der Waals surface area contributed by atoms with Crippen molar-refractivity contribution in [3.8, 4) is 0 Å². The van der Waals surface area contributed by atoms with Gasteiger partial charge in [0.25, 0.3) is 11.6 Å². The van der Waals surface area contributed by atoms with Crippen LogP contribution < -0.4 is 10.5 Å². The highest BCUT2D eigenvalue weighted by atomic mass is 32.2. The Labute approximate surface area is 116 Å². The normalized spacial score (nSPS) is 11.1. The summed E-state index contributed by atoms with van der Waals surface area (Å²) in [5, 5.41) is 18.2. The van der Waals surface area contributed by atoms with E-state index in [-0.39, 0.29) is 5.56 Å². The van der Waals surface area contributed by atoms with Gasteiger partial charge in [-0.05, 0) is 12.5 Å². The number of sulfonamides is 1. The molecule has 0 radical (unpaired) electrons. The summed E-state index contributed by atoms with van der Waals surface area (Å²) in [6.07, 6.45) is 1.63. The van der Waals surface area contributed by atoms with E-state index in [1.807, 2.05) is 6.92 Å². The standard InChI is InChI=1S/C11H15N3O5S/c1-2-3-4-13-11(15)8-5-9(14(16)17)7-10(6-8)20(12,18)19/h5-7H,2-4H2,1H3,(H,13,15)(H2,12,18,19). The number of non-ortho nitro benzene ring substituents is 1. The van der Waals surface area contributed by atoms with Gasteiger partial charge in [-0.2, -0.15) is 0 Å². The van der Waals surface area contributed by atoms with Crippen LogP contribution in [0.15, 0.2) is 23.1 Å². The minimum atomic E-state index is -4.12. The minimum absolute atomic E-state index is 0.112. The first kappa shape index (κ1) is 16.1. The number of unbranched alkanes of at least 4 members (excludes halogenated alkanes) is 1. The first-order chi connectivity index (χ1) is 9.25. The molecular formula is C11H15N3O5S. The minimum Gasteiger partial charge on any atom is -0.352 e. The van der Waals surface area contributed by atoms with Gasteiger partial charge in [0.2, 0.25) is 10.0 Å². The summed E-state index contributed by atoms with van der Waals surface area (Å²) in [4.78, 5) is 21.3. The summed E-state index contributed by atoms with van der Waals surface area (Å²) >= 11 is 0. The van der Waals surface area contributed by atoms with Crippen molar-refractivity contribution < 1.29 is 18.1 Å². The number of amides is 1. The maximum Gasteiger partial charge on any atom is 0.271 e. The van der Waals surface area contributed by atoms with Gasteiger partial charge in [-0.15, -0.1) is 0 Å². The lowest BCUT2D eigenvalue weighted by atomic mass is 10.2. The van der Waals surface area contributed by atoms with E-state index in [9.17, 15) is 23.3 Å². The highest BCUT2D eigenvalue weighted by Crippen LogP contribution is 2.20. The van der Waals surface area contributed by atoms with Gasteiger partial charge < -0.3 is 5.32 Å². The van der Waals surface area contributed by atoms with Crippen LogP contribution in [0.25, 0.3) is 0 Å². The summed E-state index contributed by atoms with van der Waals surface area (Å²) in [5.74, 6) is -0.577. The van der Waals surface area contributed by atoms with Crippen LogP contribution in [0.2, 0.25) is 0 Å². The molecule has 0 aliphatic rings. The van der Waals surface area contributed by atoms with Crippen molar-refractivity contribution >= 4 is 21.6 Å². The number of nitrogens with two attached hydrogens (primary N) is 1. The number of rotatable bonds is 6. The molecular weight excluding hydrogens is 286 g/mol. The predicted octanol–water partition coefficient (Wildman–Crippen LogP) is 0.772. The van der Waals surface area contributed by atoms with E-state index in [1.165, 1.54) is 0 Å². The highest BCUT2D eigenvalue weighted by molar-refractivity contribution is 7.89. The maximum absolute atomic E-state index is 11.8. The van der Waals surface area contributed by atoms with Crippen LogP contribution in [0, 0.1) is 10.1 Å². The zero-order chi connectivity index (χ0) is 15.3. The molecule has 0 bridgehead atoms. The number of benzene rings is 1. The smallest absolute Gasteiger partial charge is 0.271 e. The molecule has 0 aromatic heterocycles. The molecule has 0 aliphatic heterocycles. The van der Waals surface area contributed by atoms with Crippen LogP contribution in [0.1, 0.15) is 30.1 Å². The lowest BCUT2D eigenvalue weighted by Crippen LogP contribution is -2.25. The number of hydrogen-bond acceptors (Lipinski definition) is 5. The zero-order valence-electron chi connectivity index (χ0n) is 10.8. The van der Waals surface area contributed by atoms with Crippen molar-refractivity contribution in [1.82, 2.24) is 5.32 Å². The fraction of sp³-hybridized carbons (Fsp3) is 0.364. The molecule has 0 saturated heterocycles. The number of nitrogens with one attached hydrogen (secondary N) is 1. The van der Waals surface area contributed by atoms with Gasteiger partial charge in [0.05, 0.1) is 9.82 Å². The molecule has 0 saturated carbocycles. The molecule has 1 aromatic rings. The van der Waals surface area contributed by atoms with Gasteiger partial charge in [0, 0.05) is 24.2 Å². The molecule has 1 amide bonds. The number of primary sulfonamides is 1. The molecule has 0 unspecified atom stereocenters. The molecule has 1 aromatic carbocycles. The predicted molar refractivity (Wildman–Crippen MR) is 71.7 cm³/mol. The Morgan fingerprint density at radius 1 is 1.40 bits per heavy atom. The number of carbonyl (C=O) groups is 1. The number of hydrogen-bond donors (Lipinski definition) is 2. The van der Waals surface area contributed by atoms with Crippen molar-refractivity contribution in [2.45, 2.75) is 24.7 Å². The van der Waals surface area contributed by atoms with Gasteiger partial charge in [0.1, 0.15) is 0 Å². The zero-order valence-corrected chi connectivity index (χ0v) is 11.6. The fourth-order valence-electron chi connectivity index (χ4n) is 1.46. The van der Waals surface area contributed by atoms with Gasteiger partial charge in [-0.25, -0.2) is 13.6 Å². The molecule has 0 fully saturated rings. The summed E-state index contributed by atoms with van der Waals surface area (Å²) in [7, 11) is -4.12. The topological polar surface area (TPSA) is 132 Å². The van der Waals surface area contributed by atoms with Gasteiger partial charge in [-0.1, -0.05) is 13.3 Å². The summed E-state index contributed by atoms with van der Waals surface area (Å²) in [6, 6.07) is 2.84. The second-order valence-electron chi connectivity index (χ2n) is 4.13. The van der Waals surface area contributed by atoms with Crippen molar-refractivity contribution in [3.05, 3.63) is 33.9 Å². The monoisotopic (exact) mass is 301 g/mol. The lowest BCUT2D eigenvalue weighted by molar-refractivity contribution is -0.385. The van der Waals surface area contributed by atoms with E-state index in [2.05, 4.69) is 5.32 Å². The highest BCUT2D eigenvalue weighted by Gasteiger charge is 2.19. The summed E-state index contributed by atoms with van der Waals surface area (Å²) in [5.41, 5.74) is -0.614. The molecule has 0 spiro atoms. The molecule has 0 aliphatic carbocycles. The number of nitro groups is 1. The number of carbonyl (C=O) groups excluding carboxylic acids is 1. The van der Waals surface area contributed by atoms with E-state index in [1.54, 1.807) is 0 Å². The van der Waals surface area contributed by atoms with Gasteiger partial charge >= 0.3 is 0 Å². The maximum atomic E-state index is 11.8. The molecule has 110 valence electrons. The largest absolute Gasteiger partial charge is 0.352 e. The summed E-state index contributed by atoms with van der Waals surface area (Å²) < 4.78 is 22.5. The molecule has 3 N–H and O–H groups in total. The van der Waals surface area contributed by atoms with E-state index in [0.29, 0.717) is 6.54 Å². The quantitative estimate of drug-likeness (QED) is 0.455. The Morgan fingerprint density at radius 2 is 2.05 bits per heavy atom. The van der Waals surface area contributed by atoms with Crippen molar-refractivity contribution in [1.29, 1.82) is 0 Å². The van der Waals surface area contributed by atoms with Crippen LogP contribution >= 0.6 is 0 Å². The van der Waals surface area contributed by atoms with Crippen molar-refractivity contribution in [2.24, 2.45) is 5.14 Å². The molecule has 20 heavy (non-hydrogen) atoms. The van der Waals surface area contributed by atoms with Crippen molar-refractivity contribution in [2.75, 3.05) is 6.54 Å². The third-order valence-electron chi connectivity index (χ3n) is 2.51. The van der Waals surface area contributed by atoms with E-state index >= 15 is 0 Å². The molecule has 1 rings (SSSR count). The first-order valence-corrected chi connectivity index (χ1v) is 7.41. The fourth-order valence-corrected chi connectivity index (χ4v) is 2.04. The SMILES string of the molecule is CCCCNC(=O)c1cc([N+](=O)[O-])cc(S(N)(=O)=O)c1. The second-order valence-corrected chi connectivity index (χ2v) is 5.69. The van der Waals surface area contributed by atoms with E-state index in [0.717, 1.165) is 31.0 Å². The molecule has 0 atom stereocenters. The van der Waals surface area contributed by atoms with Crippen LogP contribution in [-0.4, -0.2) is 25.8 Å². The first-order valence-electron chi connectivity index (χ1n) is 5.86.